The van der Waals surface area contributed by atoms with Crippen molar-refractivity contribution in [1.29, 1.82) is 0 Å². The molecule has 1 unspecified atom stereocenters. The molecule has 2 heterocycles. The van der Waals surface area contributed by atoms with Crippen LogP contribution in [0.3, 0.4) is 0 Å². The number of anilines is 1. The second kappa shape index (κ2) is 7.24. The number of carbonyl (C=O) groups is 2. The van der Waals surface area contributed by atoms with Gasteiger partial charge in [0.05, 0.1) is 17.7 Å². The Morgan fingerprint density at radius 3 is 2.77 bits per heavy atom. The van der Waals surface area contributed by atoms with E-state index in [0.29, 0.717) is 19.4 Å². The summed E-state index contributed by atoms with van der Waals surface area (Å²) in [5.41, 5.74) is 4.87. The number of hydrogen-bond acceptors (Lipinski definition) is 4. The summed E-state index contributed by atoms with van der Waals surface area (Å²) in [7, 11) is 0. The minimum Gasteiger partial charge on any atom is -0.364 e. The van der Waals surface area contributed by atoms with Crippen molar-refractivity contribution in [3.8, 4) is 0 Å². The fraction of sp³-hybridized carbons (Fsp3) is 0.529. The number of nitrogens with one attached hydrogen (secondary N) is 1. The Morgan fingerprint density at radius 1 is 1.35 bits per heavy atom. The minimum atomic E-state index is -4.48. The van der Waals surface area contributed by atoms with Crippen LogP contribution in [0.25, 0.3) is 0 Å². The number of carbonyl (C=O) groups excluding carboxylic acids is 2. The molecule has 0 aliphatic carbocycles. The standard InChI is InChI=1S/C17H20F3N3O3/c18-17(19,20)10-2-1-3-12(6-10)23-9-11(7-15(23)24)22-16(25)14-5-4-13(8-21)26-14/h1-3,6,11,13-14H,4-5,7-9,21H2,(H,22,25)/t11?,13-,14+/m1/s1. The van der Waals surface area contributed by atoms with Crippen LogP contribution < -0.4 is 16.0 Å². The average molecular weight is 371 g/mol. The van der Waals surface area contributed by atoms with Crippen molar-refractivity contribution in [2.45, 2.75) is 43.7 Å². The molecule has 0 saturated carbocycles. The van der Waals surface area contributed by atoms with Gasteiger partial charge in [-0.15, -0.1) is 0 Å². The maximum atomic E-state index is 12.9. The number of amides is 2. The second-order valence-corrected chi connectivity index (χ2v) is 6.52. The largest absolute Gasteiger partial charge is 0.416 e. The van der Waals surface area contributed by atoms with Crippen LogP contribution in [0.2, 0.25) is 0 Å². The molecule has 1 aromatic carbocycles. The molecule has 6 nitrogen and oxygen atoms in total. The molecule has 0 spiro atoms. The summed E-state index contributed by atoms with van der Waals surface area (Å²) in [6, 6.07) is 4.13. The van der Waals surface area contributed by atoms with E-state index in [9.17, 15) is 22.8 Å². The molecular weight excluding hydrogens is 351 g/mol. The zero-order valence-electron chi connectivity index (χ0n) is 14.0. The van der Waals surface area contributed by atoms with Gasteiger partial charge in [-0.1, -0.05) is 6.07 Å². The molecule has 26 heavy (non-hydrogen) atoms. The van der Waals surface area contributed by atoms with Gasteiger partial charge in [0.25, 0.3) is 0 Å². The fourth-order valence-corrected chi connectivity index (χ4v) is 3.27. The topological polar surface area (TPSA) is 84.7 Å². The van der Waals surface area contributed by atoms with Crippen LogP contribution in [-0.2, 0) is 20.5 Å². The predicted octanol–water partition coefficient (Wildman–Crippen LogP) is 1.43. The summed E-state index contributed by atoms with van der Waals surface area (Å²) >= 11 is 0. The van der Waals surface area contributed by atoms with Crippen molar-refractivity contribution >= 4 is 17.5 Å². The Kier molecular flexibility index (Phi) is 5.19. The number of benzene rings is 1. The van der Waals surface area contributed by atoms with Gasteiger partial charge in [0, 0.05) is 25.2 Å². The van der Waals surface area contributed by atoms with Gasteiger partial charge in [0.1, 0.15) is 6.10 Å². The summed E-state index contributed by atoms with van der Waals surface area (Å²) in [4.78, 5) is 25.7. The minimum absolute atomic E-state index is 0.0367. The molecule has 142 valence electrons. The number of ether oxygens (including phenoxy) is 1. The van der Waals surface area contributed by atoms with Crippen molar-refractivity contribution in [2.75, 3.05) is 18.0 Å². The normalized spacial score (nSPS) is 26.4. The number of nitrogens with zero attached hydrogens (tertiary/aromatic N) is 1. The molecular formula is C17H20F3N3O3. The molecule has 3 atom stereocenters. The first kappa shape index (κ1) is 18.7. The quantitative estimate of drug-likeness (QED) is 0.839. The Balaban J connectivity index is 1.63. The van der Waals surface area contributed by atoms with E-state index >= 15 is 0 Å². The Morgan fingerprint density at radius 2 is 2.12 bits per heavy atom. The van der Waals surface area contributed by atoms with Crippen molar-refractivity contribution in [1.82, 2.24) is 5.32 Å². The molecule has 2 aliphatic heterocycles. The lowest BCUT2D eigenvalue weighted by atomic mass is 10.1. The van der Waals surface area contributed by atoms with Gasteiger partial charge >= 0.3 is 6.18 Å². The van der Waals surface area contributed by atoms with E-state index in [1.54, 1.807) is 0 Å². The number of nitrogens with two attached hydrogens (primary N) is 1. The summed E-state index contributed by atoms with van der Waals surface area (Å²) in [6.45, 7) is 0.466. The summed E-state index contributed by atoms with van der Waals surface area (Å²) in [6.07, 6.45) is -3.92. The SMILES string of the molecule is NC[C@H]1CC[C@@H](C(=O)NC2CC(=O)N(c3cccc(C(F)(F)F)c3)C2)O1. The molecule has 2 amide bonds. The maximum absolute atomic E-state index is 12.9. The van der Waals surface area contributed by atoms with E-state index in [0.717, 1.165) is 12.1 Å². The van der Waals surface area contributed by atoms with E-state index < -0.39 is 23.9 Å². The molecule has 3 rings (SSSR count). The maximum Gasteiger partial charge on any atom is 0.416 e. The lowest BCUT2D eigenvalue weighted by Gasteiger charge is -2.19. The lowest BCUT2D eigenvalue weighted by molar-refractivity contribution is -0.137. The first-order chi connectivity index (χ1) is 12.3. The Hall–Kier alpha value is -2.13. The summed E-state index contributed by atoms with van der Waals surface area (Å²) < 4.78 is 44.1. The molecule has 2 aliphatic rings. The van der Waals surface area contributed by atoms with Gasteiger partial charge in [-0.2, -0.15) is 13.2 Å². The van der Waals surface area contributed by atoms with Crippen LogP contribution in [0.4, 0.5) is 18.9 Å². The van der Waals surface area contributed by atoms with Gasteiger partial charge in [-0.05, 0) is 31.0 Å². The zero-order chi connectivity index (χ0) is 18.9. The summed E-state index contributed by atoms with van der Waals surface area (Å²) in [5, 5.41) is 2.75. The molecule has 0 radical (unpaired) electrons. The fourth-order valence-electron chi connectivity index (χ4n) is 3.27. The molecule has 2 saturated heterocycles. The highest BCUT2D eigenvalue weighted by Crippen LogP contribution is 2.32. The van der Waals surface area contributed by atoms with Crippen LogP contribution in [0.5, 0.6) is 0 Å². The van der Waals surface area contributed by atoms with E-state index in [4.69, 9.17) is 10.5 Å². The molecule has 0 bridgehead atoms. The van der Waals surface area contributed by atoms with Crippen LogP contribution >= 0.6 is 0 Å². The van der Waals surface area contributed by atoms with Gasteiger partial charge in [0.2, 0.25) is 11.8 Å². The number of rotatable bonds is 4. The third-order valence-electron chi connectivity index (χ3n) is 4.62. The monoisotopic (exact) mass is 371 g/mol. The first-order valence-corrected chi connectivity index (χ1v) is 8.41. The third-order valence-corrected chi connectivity index (χ3v) is 4.62. The van der Waals surface area contributed by atoms with E-state index in [-0.39, 0.29) is 36.6 Å². The van der Waals surface area contributed by atoms with Gasteiger partial charge in [-0.3, -0.25) is 9.59 Å². The zero-order valence-corrected chi connectivity index (χ0v) is 14.0. The van der Waals surface area contributed by atoms with Crippen LogP contribution in [0, 0.1) is 0 Å². The highest BCUT2D eigenvalue weighted by molar-refractivity contribution is 5.97. The molecule has 3 N–H and O–H groups in total. The lowest BCUT2D eigenvalue weighted by Crippen LogP contribution is -2.43. The Bertz CT molecular complexity index is 695. The van der Waals surface area contributed by atoms with Crippen LogP contribution in [0.15, 0.2) is 24.3 Å². The third kappa shape index (κ3) is 3.99. The predicted molar refractivity (Wildman–Crippen MR) is 87.3 cm³/mol. The van der Waals surface area contributed by atoms with Crippen molar-refractivity contribution < 1.29 is 27.5 Å². The number of hydrogen-bond donors (Lipinski definition) is 2. The van der Waals surface area contributed by atoms with E-state index in [2.05, 4.69) is 5.32 Å². The average Bonchev–Trinajstić information content (AvgIpc) is 3.21. The molecule has 9 heteroatoms. The van der Waals surface area contributed by atoms with Crippen LogP contribution in [-0.4, -0.2) is 43.2 Å². The van der Waals surface area contributed by atoms with Crippen molar-refractivity contribution in [3.63, 3.8) is 0 Å². The van der Waals surface area contributed by atoms with Gasteiger partial charge < -0.3 is 20.7 Å². The molecule has 1 aromatic rings. The van der Waals surface area contributed by atoms with E-state index in [1.807, 2.05) is 0 Å². The van der Waals surface area contributed by atoms with Crippen LogP contribution in [0.1, 0.15) is 24.8 Å². The molecule has 0 aromatic heterocycles. The smallest absolute Gasteiger partial charge is 0.364 e. The highest BCUT2D eigenvalue weighted by atomic mass is 19.4. The number of alkyl halides is 3. The molecule has 2 fully saturated rings. The second-order valence-electron chi connectivity index (χ2n) is 6.52. The highest BCUT2D eigenvalue weighted by Gasteiger charge is 2.37. The summed E-state index contributed by atoms with van der Waals surface area (Å²) in [5.74, 6) is -0.647. The Labute approximate surface area is 148 Å². The van der Waals surface area contributed by atoms with Crippen molar-refractivity contribution in [3.05, 3.63) is 29.8 Å². The van der Waals surface area contributed by atoms with E-state index in [1.165, 1.54) is 17.0 Å². The first-order valence-electron chi connectivity index (χ1n) is 8.41. The number of halogens is 3. The van der Waals surface area contributed by atoms with Gasteiger partial charge in [-0.25, -0.2) is 0 Å². The van der Waals surface area contributed by atoms with Crippen molar-refractivity contribution in [2.24, 2.45) is 5.73 Å². The van der Waals surface area contributed by atoms with Gasteiger partial charge in [0.15, 0.2) is 0 Å².